The summed E-state index contributed by atoms with van der Waals surface area (Å²) in [6.45, 7) is 2.32. The molecule has 14 heavy (non-hydrogen) atoms. The van der Waals surface area contributed by atoms with Crippen molar-refractivity contribution in [3.8, 4) is 0 Å². The normalized spacial score (nSPS) is 24.9. The number of carbonyl (C=O) groups is 1. The molecule has 80 valence electrons. The SMILES string of the molecule is CCC1CC(=NOCC(=O)O)CCO1. The highest BCUT2D eigenvalue weighted by Crippen LogP contribution is 2.13. The van der Waals surface area contributed by atoms with E-state index in [1.165, 1.54) is 0 Å². The van der Waals surface area contributed by atoms with Crippen LogP contribution in [0.3, 0.4) is 0 Å². The van der Waals surface area contributed by atoms with Gasteiger partial charge in [0.1, 0.15) is 0 Å². The Hall–Kier alpha value is -1.10. The van der Waals surface area contributed by atoms with E-state index in [-0.39, 0.29) is 12.7 Å². The van der Waals surface area contributed by atoms with Gasteiger partial charge in [0.05, 0.1) is 18.4 Å². The zero-order chi connectivity index (χ0) is 10.4. The highest BCUT2D eigenvalue weighted by Gasteiger charge is 2.17. The minimum Gasteiger partial charge on any atom is -0.479 e. The van der Waals surface area contributed by atoms with E-state index in [2.05, 4.69) is 9.99 Å². The second-order valence-electron chi connectivity index (χ2n) is 3.18. The predicted molar refractivity (Wildman–Crippen MR) is 50.3 cm³/mol. The Labute approximate surface area is 82.7 Å². The second kappa shape index (κ2) is 5.59. The standard InChI is InChI=1S/C9H15NO4/c1-2-8-5-7(3-4-13-8)10-14-6-9(11)12/h8H,2-6H2,1H3,(H,11,12). The summed E-state index contributed by atoms with van der Waals surface area (Å²) in [6.07, 6.45) is 2.63. The molecule has 1 atom stereocenters. The van der Waals surface area contributed by atoms with E-state index in [9.17, 15) is 4.79 Å². The molecule has 0 aliphatic carbocycles. The molecule has 5 nitrogen and oxygen atoms in total. The van der Waals surface area contributed by atoms with Crippen molar-refractivity contribution >= 4 is 11.7 Å². The van der Waals surface area contributed by atoms with Crippen LogP contribution in [-0.2, 0) is 14.4 Å². The largest absolute Gasteiger partial charge is 0.479 e. The van der Waals surface area contributed by atoms with E-state index in [0.29, 0.717) is 6.61 Å². The number of carboxylic acid groups (broad SMARTS) is 1. The van der Waals surface area contributed by atoms with Crippen molar-refractivity contribution in [3.63, 3.8) is 0 Å². The maximum absolute atomic E-state index is 10.1. The lowest BCUT2D eigenvalue weighted by Gasteiger charge is -2.22. The predicted octanol–water partition coefficient (Wildman–Crippen LogP) is 1.03. The lowest BCUT2D eigenvalue weighted by Crippen LogP contribution is -2.25. The highest BCUT2D eigenvalue weighted by molar-refractivity contribution is 5.85. The van der Waals surface area contributed by atoms with Crippen LogP contribution in [0.4, 0.5) is 0 Å². The quantitative estimate of drug-likeness (QED) is 0.690. The highest BCUT2D eigenvalue weighted by atomic mass is 16.6. The van der Waals surface area contributed by atoms with Gasteiger partial charge in [0.15, 0.2) is 0 Å². The molecule has 0 amide bonds. The van der Waals surface area contributed by atoms with Crippen molar-refractivity contribution in [2.45, 2.75) is 32.3 Å². The Balaban J connectivity index is 2.31. The summed E-state index contributed by atoms with van der Waals surface area (Å²) in [5.41, 5.74) is 0.893. The van der Waals surface area contributed by atoms with Gasteiger partial charge in [-0.05, 0) is 6.42 Å². The molecule has 0 aromatic rings. The van der Waals surface area contributed by atoms with Crippen molar-refractivity contribution in [1.29, 1.82) is 0 Å². The molecule has 1 N–H and O–H groups in total. The number of oxime groups is 1. The lowest BCUT2D eigenvalue weighted by atomic mass is 10.1. The van der Waals surface area contributed by atoms with Crippen LogP contribution in [0.2, 0.25) is 0 Å². The van der Waals surface area contributed by atoms with E-state index < -0.39 is 5.97 Å². The second-order valence-corrected chi connectivity index (χ2v) is 3.18. The van der Waals surface area contributed by atoms with E-state index in [4.69, 9.17) is 9.84 Å². The van der Waals surface area contributed by atoms with Crippen LogP contribution >= 0.6 is 0 Å². The fraction of sp³-hybridized carbons (Fsp3) is 0.778. The first kappa shape index (κ1) is 11.0. The molecular formula is C9H15NO4. The fourth-order valence-corrected chi connectivity index (χ4v) is 1.29. The number of carboxylic acids is 1. The maximum Gasteiger partial charge on any atom is 0.344 e. The van der Waals surface area contributed by atoms with Crippen LogP contribution in [-0.4, -0.2) is 36.1 Å². The molecule has 1 saturated heterocycles. The van der Waals surface area contributed by atoms with Crippen LogP contribution in [0.25, 0.3) is 0 Å². The first-order valence-electron chi connectivity index (χ1n) is 4.73. The van der Waals surface area contributed by atoms with Gasteiger partial charge in [-0.3, -0.25) is 0 Å². The number of hydrogen-bond acceptors (Lipinski definition) is 4. The number of ether oxygens (including phenoxy) is 1. The van der Waals surface area contributed by atoms with Gasteiger partial charge in [-0.15, -0.1) is 0 Å². The maximum atomic E-state index is 10.1. The van der Waals surface area contributed by atoms with Gasteiger partial charge in [0, 0.05) is 12.8 Å². The number of aliphatic carboxylic acids is 1. The van der Waals surface area contributed by atoms with Gasteiger partial charge in [0.25, 0.3) is 0 Å². The Morgan fingerprint density at radius 3 is 3.21 bits per heavy atom. The molecule has 1 heterocycles. The molecule has 0 radical (unpaired) electrons. The zero-order valence-electron chi connectivity index (χ0n) is 8.23. The summed E-state index contributed by atoms with van der Waals surface area (Å²) in [6, 6.07) is 0. The van der Waals surface area contributed by atoms with Crippen molar-refractivity contribution in [1.82, 2.24) is 0 Å². The Bertz CT molecular complexity index is 227. The van der Waals surface area contributed by atoms with E-state index in [1.54, 1.807) is 0 Å². The van der Waals surface area contributed by atoms with Crippen LogP contribution in [0.15, 0.2) is 5.16 Å². The van der Waals surface area contributed by atoms with Crippen LogP contribution in [0.1, 0.15) is 26.2 Å². The third kappa shape index (κ3) is 3.74. The Morgan fingerprint density at radius 2 is 2.57 bits per heavy atom. The van der Waals surface area contributed by atoms with Crippen LogP contribution in [0, 0.1) is 0 Å². The summed E-state index contributed by atoms with van der Waals surface area (Å²) < 4.78 is 5.43. The molecule has 1 unspecified atom stereocenters. The van der Waals surface area contributed by atoms with Crippen LogP contribution in [0.5, 0.6) is 0 Å². The fourth-order valence-electron chi connectivity index (χ4n) is 1.29. The van der Waals surface area contributed by atoms with Gasteiger partial charge >= 0.3 is 5.97 Å². The van der Waals surface area contributed by atoms with E-state index >= 15 is 0 Å². The third-order valence-electron chi connectivity index (χ3n) is 2.04. The molecule has 0 aromatic carbocycles. The first-order chi connectivity index (χ1) is 6.72. The number of rotatable bonds is 4. The Kier molecular flexibility index (Phi) is 4.39. The van der Waals surface area contributed by atoms with Crippen molar-refractivity contribution in [2.24, 2.45) is 5.16 Å². The molecule has 1 aliphatic rings. The first-order valence-corrected chi connectivity index (χ1v) is 4.73. The van der Waals surface area contributed by atoms with Gasteiger partial charge in [-0.1, -0.05) is 12.1 Å². The number of hydrogen-bond donors (Lipinski definition) is 1. The molecule has 1 fully saturated rings. The lowest BCUT2D eigenvalue weighted by molar-refractivity contribution is -0.142. The number of nitrogens with zero attached hydrogens (tertiary/aromatic N) is 1. The van der Waals surface area contributed by atoms with Crippen molar-refractivity contribution in [2.75, 3.05) is 13.2 Å². The average Bonchev–Trinajstić information content (AvgIpc) is 2.18. The summed E-state index contributed by atoms with van der Waals surface area (Å²) in [7, 11) is 0. The molecule has 0 spiro atoms. The summed E-state index contributed by atoms with van der Waals surface area (Å²) in [5.74, 6) is -1.01. The van der Waals surface area contributed by atoms with Crippen molar-refractivity contribution < 1.29 is 19.5 Å². The van der Waals surface area contributed by atoms with Gasteiger partial charge in [-0.25, -0.2) is 4.79 Å². The molecular weight excluding hydrogens is 186 g/mol. The summed E-state index contributed by atoms with van der Waals surface area (Å²) in [5, 5.41) is 12.1. The molecule has 1 aliphatic heterocycles. The minimum absolute atomic E-state index is 0.205. The van der Waals surface area contributed by atoms with Gasteiger partial charge in [-0.2, -0.15) is 0 Å². The zero-order valence-corrected chi connectivity index (χ0v) is 8.23. The molecule has 0 saturated carbocycles. The Morgan fingerprint density at radius 1 is 1.79 bits per heavy atom. The molecule has 5 heteroatoms. The smallest absolute Gasteiger partial charge is 0.344 e. The van der Waals surface area contributed by atoms with Crippen molar-refractivity contribution in [3.05, 3.63) is 0 Å². The minimum atomic E-state index is -1.01. The van der Waals surface area contributed by atoms with Gasteiger partial charge in [0.2, 0.25) is 6.61 Å². The average molecular weight is 201 g/mol. The molecule has 1 rings (SSSR count). The third-order valence-corrected chi connectivity index (χ3v) is 2.04. The summed E-state index contributed by atoms with van der Waals surface area (Å²) >= 11 is 0. The van der Waals surface area contributed by atoms with E-state index in [0.717, 1.165) is 25.0 Å². The molecule has 0 bridgehead atoms. The molecule has 0 aromatic heterocycles. The summed E-state index contributed by atoms with van der Waals surface area (Å²) in [4.78, 5) is 14.8. The van der Waals surface area contributed by atoms with E-state index in [1.807, 2.05) is 6.92 Å². The van der Waals surface area contributed by atoms with Crippen LogP contribution < -0.4 is 0 Å². The monoisotopic (exact) mass is 201 g/mol. The topological polar surface area (TPSA) is 68.1 Å². The van der Waals surface area contributed by atoms with Gasteiger partial charge < -0.3 is 14.7 Å².